The van der Waals surface area contributed by atoms with Crippen LogP contribution in [0, 0.1) is 34.5 Å². The number of ketones is 1. The molecule has 0 aromatic rings. The van der Waals surface area contributed by atoms with Gasteiger partial charge in [0, 0.05) is 50.5 Å². The molecule has 1 aliphatic heterocycles. The number of hydrogen-bond acceptors (Lipinski definition) is 6. The largest absolute Gasteiger partial charge is 0.389 e. The molecule has 1 spiro atoms. The van der Waals surface area contributed by atoms with Crippen LogP contribution in [-0.2, 0) is 14.3 Å². The van der Waals surface area contributed by atoms with Gasteiger partial charge >= 0.3 is 0 Å². The topological polar surface area (TPSA) is 79.2 Å². The van der Waals surface area contributed by atoms with Gasteiger partial charge in [-0.05, 0) is 43.6 Å². The Balaban J connectivity index is 1.65. The number of nitrogens with zero attached hydrogens (tertiary/aromatic N) is 1. The summed E-state index contributed by atoms with van der Waals surface area (Å²) in [6.07, 6.45) is 3.36. The van der Waals surface area contributed by atoms with Crippen LogP contribution in [0.15, 0.2) is 0 Å². The fourth-order valence-corrected chi connectivity index (χ4v) is 10.1. The molecule has 6 aliphatic rings. The number of hydrogen-bond donors (Lipinski definition) is 2. The van der Waals surface area contributed by atoms with Crippen LogP contribution in [0.25, 0.3) is 0 Å². The second-order valence-electron chi connectivity index (χ2n) is 11.3. The molecule has 1 saturated heterocycles. The first-order valence-electron chi connectivity index (χ1n) is 11.5. The smallest absolute Gasteiger partial charge is 0.147 e. The van der Waals surface area contributed by atoms with Crippen LogP contribution in [0.1, 0.15) is 46.0 Å². The number of piperidine rings is 1. The Morgan fingerprint density at radius 3 is 2.62 bits per heavy atom. The lowest BCUT2D eigenvalue weighted by molar-refractivity contribution is -0.310. The monoisotopic (exact) mass is 405 g/mol. The van der Waals surface area contributed by atoms with Gasteiger partial charge in [0.2, 0.25) is 0 Å². The van der Waals surface area contributed by atoms with Crippen LogP contribution in [0.5, 0.6) is 0 Å². The first kappa shape index (κ1) is 19.2. The molecule has 1 heterocycles. The molecule has 11 unspecified atom stereocenters. The van der Waals surface area contributed by atoms with E-state index in [2.05, 4.69) is 18.7 Å². The van der Waals surface area contributed by atoms with Crippen molar-refractivity contribution in [3.63, 3.8) is 0 Å². The minimum absolute atomic E-state index is 0.0176. The number of rotatable bonds is 3. The van der Waals surface area contributed by atoms with Crippen LogP contribution in [-0.4, -0.2) is 77.7 Å². The first-order chi connectivity index (χ1) is 13.7. The number of likely N-dealkylation sites (tertiary alicyclic amines) is 1. The van der Waals surface area contributed by atoms with Crippen LogP contribution in [0.2, 0.25) is 0 Å². The third-order valence-electron chi connectivity index (χ3n) is 10.8. The molecule has 6 rings (SSSR count). The van der Waals surface area contributed by atoms with Gasteiger partial charge in [-0.2, -0.15) is 0 Å². The number of fused-ring (bicyclic) bond motifs is 2. The molecule has 2 N–H and O–H groups in total. The molecule has 6 fully saturated rings. The molecule has 0 radical (unpaired) electrons. The summed E-state index contributed by atoms with van der Waals surface area (Å²) in [5.41, 5.74) is -2.82. The minimum Gasteiger partial charge on any atom is -0.389 e. The van der Waals surface area contributed by atoms with E-state index in [1.165, 1.54) is 0 Å². The molecule has 0 aromatic carbocycles. The fraction of sp³-hybridized carbons (Fsp3) is 0.957. The van der Waals surface area contributed by atoms with Crippen LogP contribution >= 0.6 is 0 Å². The quantitative estimate of drug-likeness (QED) is 0.735. The molecule has 6 heteroatoms. The van der Waals surface area contributed by atoms with Crippen molar-refractivity contribution in [2.45, 2.75) is 75.4 Å². The molecule has 5 saturated carbocycles. The van der Waals surface area contributed by atoms with Gasteiger partial charge in [0.15, 0.2) is 0 Å². The molecule has 6 nitrogen and oxygen atoms in total. The van der Waals surface area contributed by atoms with Crippen molar-refractivity contribution in [1.82, 2.24) is 4.90 Å². The summed E-state index contributed by atoms with van der Waals surface area (Å²) in [4.78, 5) is 16.1. The molecule has 0 amide bonds. The van der Waals surface area contributed by atoms with E-state index in [0.29, 0.717) is 12.8 Å². The molecule has 5 aliphatic carbocycles. The maximum absolute atomic E-state index is 13.5. The predicted octanol–water partition coefficient (Wildman–Crippen LogP) is 1.23. The van der Waals surface area contributed by atoms with Gasteiger partial charge in [0.25, 0.3) is 0 Å². The third kappa shape index (κ3) is 1.73. The van der Waals surface area contributed by atoms with Crippen molar-refractivity contribution < 1.29 is 24.5 Å². The standard InChI is InChI=1S/C23H35NO5/c1-5-24-11-20(2)7-6-16(29-4)23-15(20)8-13(19(23)24)21(26)10-14(28-3)12-9-22(23,27)18(21)17(12)25/h12-16,18-19,26-27H,5-11H2,1-4H3. The summed E-state index contributed by atoms with van der Waals surface area (Å²) >= 11 is 0. The summed E-state index contributed by atoms with van der Waals surface area (Å²) in [5, 5.41) is 24.8. The Kier molecular flexibility index (Phi) is 3.60. The predicted molar refractivity (Wildman–Crippen MR) is 105 cm³/mol. The number of carbonyl (C=O) groups is 1. The highest BCUT2D eigenvalue weighted by Gasteiger charge is 2.88. The van der Waals surface area contributed by atoms with Crippen molar-refractivity contribution >= 4 is 5.78 Å². The molecule has 162 valence electrons. The molecule has 0 aromatic heterocycles. The van der Waals surface area contributed by atoms with E-state index in [1.807, 2.05) is 0 Å². The highest BCUT2D eigenvalue weighted by Crippen LogP contribution is 2.79. The number of Topliss-reactive ketones (excluding diaryl/α,β-unsaturated/α-hetero) is 1. The van der Waals surface area contributed by atoms with Gasteiger partial charge < -0.3 is 19.7 Å². The Morgan fingerprint density at radius 1 is 1.21 bits per heavy atom. The van der Waals surface area contributed by atoms with Gasteiger partial charge in [0.05, 0.1) is 29.3 Å². The van der Waals surface area contributed by atoms with Crippen molar-refractivity contribution in [2.24, 2.45) is 34.5 Å². The second-order valence-corrected chi connectivity index (χ2v) is 11.3. The normalized spacial score (nSPS) is 62.6. The number of methoxy groups -OCH3 is 2. The van der Waals surface area contributed by atoms with Crippen molar-refractivity contribution in [2.75, 3.05) is 27.3 Å². The Morgan fingerprint density at radius 2 is 1.97 bits per heavy atom. The molecule has 29 heavy (non-hydrogen) atoms. The minimum atomic E-state index is -1.23. The lowest BCUT2D eigenvalue weighted by atomic mass is 9.42. The molecular formula is C23H35NO5. The van der Waals surface area contributed by atoms with E-state index in [9.17, 15) is 15.0 Å². The van der Waals surface area contributed by atoms with Crippen molar-refractivity contribution in [3.8, 4) is 0 Å². The Labute approximate surface area is 172 Å². The molecule has 7 bridgehead atoms. The van der Waals surface area contributed by atoms with E-state index >= 15 is 0 Å². The van der Waals surface area contributed by atoms with E-state index in [1.54, 1.807) is 14.2 Å². The maximum atomic E-state index is 13.5. The van der Waals surface area contributed by atoms with Crippen LogP contribution < -0.4 is 0 Å². The van der Waals surface area contributed by atoms with Gasteiger partial charge in [-0.3, -0.25) is 9.69 Å². The Bertz CT molecular complexity index is 774. The fourth-order valence-electron chi connectivity index (χ4n) is 10.1. The average Bonchev–Trinajstić information content (AvgIpc) is 3.09. The van der Waals surface area contributed by atoms with E-state index in [-0.39, 0.29) is 47.2 Å². The zero-order valence-corrected chi connectivity index (χ0v) is 18.1. The summed E-state index contributed by atoms with van der Waals surface area (Å²) in [6.45, 7) is 6.46. The molecular weight excluding hydrogens is 370 g/mol. The SMILES string of the molecule is CCN1CC2(C)CCC(OC)C34C1C(CC23)C1(O)CC(OC)C2CC4(O)C1C2=O. The van der Waals surface area contributed by atoms with Crippen molar-refractivity contribution in [1.29, 1.82) is 0 Å². The van der Waals surface area contributed by atoms with Gasteiger partial charge in [-0.25, -0.2) is 0 Å². The van der Waals surface area contributed by atoms with E-state index < -0.39 is 22.5 Å². The number of ether oxygens (including phenoxy) is 2. The summed E-state index contributed by atoms with van der Waals surface area (Å²) in [7, 11) is 3.41. The highest BCUT2D eigenvalue weighted by atomic mass is 16.5. The van der Waals surface area contributed by atoms with Gasteiger partial charge in [-0.15, -0.1) is 0 Å². The third-order valence-corrected chi connectivity index (χ3v) is 10.8. The summed E-state index contributed by atoms with van der Waals surface area (Å²) in [6, 6.07) is 0.0595. The zero-order chi connectivity index (χ0) is 20.6. The van der Waals surface area contributed by atoms with Crippen molar-refractivity contribution in [3.05, 3.63) is 0 Å². The summed E-state index contributed by atoms with van der Waals surface area (Å²) < 4.78 is 11.9. The van der Waals surface area contributed by atoms with E-state index in [4.69, 9.17) is 9.47 Å². The number of aliphatic hydroxyl groups is 2. The highest BCUT2D eigenvalue weighted by molar-refractivity contribution is 5.91. The zero-order valence-electron chi connectivity index (χ0n) is 18.1. The van der Waals surface area contributed by atoms with Gasteiger partial charge in [-0.1, -0.05) is 13.8 Å². The van der Waals surface area contributed by atoms with Crippen LogP contribution in [0.4, 0.5) is 0 Å². The number of carbonyl (C=O) groups excluding carboxylic acids is 1. The van der Waals surface area contributed by atoms with Crippen LogP contribution in [0.3, 0.4) is 0 Å². The molecule has 11 atom stereocenters. The van der Waals surface area contributed by atoms with Gasteiger partial charge in [0.1, 0.15) is 5.78 Å². The lowest BCUT2D eigenvalue weighted by Crippen LogP contribution is -2.81. The second kappa shape index (κ2) is 5.44. The first-order valence-corrected chi connectivity index (χ1v) is 11.5. The maximum Gasteiger partial charge on any atom is 0.147 e. The summed E-state index contributed by atoms with van der Waals surface area (Å²) in [5.74, 6) is -0.725. The van der Waals surface area contributed by atoms with E-state index in [0.717, 1.165) is 32.4 Å². The average molecular weight is 406 g/mol. The Hall–Kier alpha value is -0.530. The lowest BCUT2D eigenvalue weighted by Gasteiger charge is -2.71.